The molecule has 4 rings (SSSR count). The number of benzene rings is 1. The highest BCUT2D eigenvalue weighted by Gasteiger charge is 2.23. The molecule has 8 heteroatoms. The molecule has 0 spiro atoms. The van der Waals surface area contributed by atoms with Gasteiger partial charge < -0.3 is 9.80 Å². The fourth-order valence-electron chi connectivity index (χ4n) is 3.83. The van der Waals surface area contributed by atoms with Crippen LogP contribution in [0, 0.1) is 0 Å². The monoisotopic (exact) mass is 456 g/mol. The van der Waals surface area contributed by atoms with Crippen molar-refractivity contribution in [2.75, 3.05) is 31.1 Å². The highest BCUT2D eigenvalue weighted by molar-refractivity contribution is 7.18. The summed E-state index contributed by atoms with van der Waals surface area (Å²) < 4.78 is 0. The predicted octanol–water partition coefficient (Wildman–Crippen LogP) is 4.61. The Kier molecular flexibility index (Phi) is 6.83. The second kappa shape index (κ2) is 9.75. The third kappa shape index (κ3) is 5.05. The molecule has 0 bridgehead atoms. The van der Waals surface area contributed by atoms with Crippen molar-refractivity contribution in [3.63, 3.8) is 0 Å². The lowest BCUT2D eigenvalue weighted by molar-refractivity contribution is -0.131. The maximum absolute atomic E-state index is 12.6. The van der Waals surface area contributed by atoms with Crippen molar-refractivity contribution in [1.29, 1.82) is 0 Å². The van der Waals surface area contributed by atoms with E-state index >= 15 is 0 Å². The number of nitrogens with zero attached hydrogens (tertiary/aromatic N) is 4. The van der Waals surface area contributed by atoms with Crippen molar-refractivity contribution in [1.82, 2.24) is 14.9 Å². The summed E-state index contributed by atoms with van der Waals surface area (Å²) in [5.74, 6) is 1.12. The maximum atomic E-state index is 12.6. The number of aromatic nitrogens is 2. The molecule has 6 nitrogen and oxygen atoms in total. The van der Waals surface area contributed by atoms with Crippen molar-refractivity contribution in [2.45, 2.75) is 32.6 Å². The summed E-state index contributed by atoms with van der Waals surface area (Å²) >= 11 is 7.58. The Hall–Kier alpha value is -2.51. The predicted molar refractivity (Wildman–Crippen MR) is 125 cm³/mol. The number of anilines is 1. The Morgan fingerprint density at radius 3 is 2.52 bits per heavy atom. The molecule has 3 heterocycles. The molecule has 0 radical (unpaired) electrons. The van der Waals surface area contributed by atoms with E-state index in [-0.39, 0.29) is 11.7 Å². The van der Waals surface area contributed by atoms with Gasteiger partial charge in [0.2, 0.25) is 5.91 Å². The molecule has 1 aromatic carbocycles. The van der Waals surface area contributed by atoms with Crippen LogP contribution in [0.25, 0.3) is 10.2 Å². The first-order valence-electron chi connectivity index (χ1n) is 10.6. The number of fused-ring (bicyclic) bond motifs is 1. The topological polar surface area (TPSA) is 66.4 Å². The van der Waals surface area contributed by atoms with Gasteiger partial charge in [-0.2, -0.15) is 0 Å². The number of rotatable bonds is 7. The van der Waals surface area contributed by atoms with Crippen molar-refractivity contribution in [3.8, 4) is 0 Å². The van der Waals surface area contributed by atoms with Crippen LogP contribution in [-0.4, -0.2) is 52.7 Å². The highest BCUT2D eigenvalue weighted by Crippen LogP contribution is 2.31. The van der Waals surface area contributed by atoms with E-state index in [0.29, 0.717) is 42.9 Å². The lowest BCUT2D eigenvalue weighted by atomic mass is 10.1. The summed E-state index contributed by atoms with van der Waals surface area (Å²) in [5, 5.41) is 1.71. The van der Waals surface area contributed by atoms with Crippen LogP contribution in [0.4, 0.5) is 5.82 Å². The number of aryl methyl sites for hydroxylation is 1. The second-order valence-corrected chi connectivity index (χ2v) is 9.19. The summed E-state index contributed by atoms with van der Waals surface area (Å²) in [5.41, 5.74) is 0.640. The Morgan fingerprint density at radius 2 is 1.81 bits per heavy atom. The SMILES string of the molecule is CCc1cc2c(N3CCN(C(=O)CCCC(=O)c4ccc(Cl)cc4)CC3)ncnc2s1. The van der Waals surface area contributed by atoms with E-state index < -0.39 is 0 Å². The number of amides is 1. The molecular formula is C23H25ClN4O2S. The normalized spacial score (nSPS) is 14.3. The fraction of sp³-hybridized carbons (Fsp3) is 0.391. The van der Waals surface area contributed by atoms with Crippen LogP contribution in [0.1, 0.15) is 41.4 Å². The van der Waals surface area contributed by atoms with Crippen molar-refractivity contribution in [3.05, 3.63) is 52.1 Å². The fourth-order valence-corrected chi connectivity index (χ4v) is 4.88. The van der Waals surface area contributed by atoms with Gasteiger partial charge in [-0.1, -0.05) is 18.5 Å². The molecule has 1 aliphatic heterocycles. The van der Waals surface area contributed by atoms with E-state index in [0.717, 1.165) is 35.5 Å². The van der Waals surface area contributed by atoms with E-state index in [4.69, 9.17) is 11.6 Å². The third-order valence-corrected chi connectivity index (χ3v) is 7.04. The number of hydrogen-bond acceptors (Lipinski definition) is 6. The van der Waals surface area contributed by atoms with Gasteiger partial charge in [0.15, 0.2) is 5.78 Å². The lowest BCUT2D eigenvalue weighted by Gasteiger charge is -2.35. The summed E-state index contributed by atoms with van der Waals surface area (Å²) in [7, 11) is 0. The Labute approximate surface area is 190 Å². The van der Waals surface area contributed by atoms with Crippen LogP contribution in [0.15, 0.2) is 36.7 Å². The summed E-state index contributed by atoms with van der Waals surface area (Å²) in [6, 6.07) is 9.07. The first kappa shape index (κ1) is 21.7. The number of piperazine rings is 1. The van der Waals surface area contributed by atoms with E-state index in [1.807, 2.05) is 4.90 Å². The average molecular weight is 457 g/mol. The molecule has 1 saturated heterocycles. The minimum atomic E-state index is 0.0456. The van der Waals surface area contributed by atoms with Crippen molar-refractivity contribution in [2.24, 2.45) is 0 Å². The first-order chi connectivity index (χ1) is 15.0. The van der Waals surface area contributed by atoms with E-state index in [1.54, 1.807) is 41.9 Å². The van der Waals surface area contributed by atoms with Gasteiger partial charge in [0.1, 0.15) is 17.0 Å². The first-order valence-corrected chi connectivity index (χ1v) is 11.8. The molecule has 0 saturated carbocycles. The Balaban J connectivity index is 1.28. The number of hydrogen-bond donors (Lipinski definition) is 0. The number of carbonyl (C=O) groups excluding carboxylic acids is 2. The van der Waals surface area contributed by atoms with Gasteiger partial charge in [0.05, 0.1) is 5.39 Å². The van der Waals surface area contributed by atoms with Gasteiger partial charge in [-0.25, -0.2) is 9.97 Å². The van der Waals surface area contributed by atoms with E-state index in [2.05, 4.69) is 27.9 Å². The summed E-state index contributed by atoms with van der Waals surface area (Å²) in [6.07, 6.45) is 3.93. The number of halogens is 1. The zero-order chi connectivity index (χ0) is 21.8. The lowest BCUT2D eigenvalue weighted by Crippen LogP contribution is -2.49. The Bertz CT molecular complexity index is 1070. The van der Waals surface area contributed by atoms with Crippen LogP contribution < -0.4 is 4.90 Å². The number of ketones is 1. The van der Waals surface area contributed by atoms with Gasteiger partial charge in [-0.3, -0.25) is 9.59 Å². The molecule has 0 N–H and O–H groups in total. The number of Topliss-reactive ketones (excluding diaryl/α,β-unsaturated/α-hetero) is 1. The molecule has 1 fully saturated rings. The molecule has 3 aromatic rings. The minimum absolute atomic E-state index is 0.0456. The zero-order valence-electron chi connectivity index (χ0n) is 17.5. The van der Waals surface area contributed by atoms with Gasteiger partial charge in [-0.15, -0.1) is 11.3 Å². The summed E-state index contributed by atoms with van der Waals surface area (Å²) in [6.45, 7) is 4.98. The maximum Gasteiger partial charge on any atom is 0.222 e. The van der Waals surface area contributed by atoms with Gasteiger partial charge in [0, 0.05) is 54.5 Å². The molecule has 0 atom stereocenters. The quantitative estimate of drug-likeness (QED) is 0.486. The molecule has 1 amide bonds. The van der Waals surface area contributed by atoms with Gasteiger partial charge >= 0.3 is 0 Å². The average Bonchev–Trinajstić information content (AvgIpc) is 3.23. The zero-order valence-corrected chi connectivity index (χ0v) is 19.1. The molecule has 31 heavy (non-hydrogen) atoms. The number of thiophene rings is 1. The molecule has 162 valence electrons. The van der Waals surface area contributed by atoms with Gasteiger partial charge in [-0.05, 0) is 43.2 Å². The standard InChI is InChI=1S/C23H25ClN4O2S/c1-2-18-14-19-22(25-15-26-23(19)31-18)28-12-10-27(11-13-28)21(30)5-3-4-20(29)16-6-8-17(24)9-7-16/h6-9,14-15H,2-5,10-13H2,1H3. The van der Waals surface area contributed by atoms with E-state index in [9.17, 15) is 9.59 Å². The van der Waals surface area contributed by atoms with Crippen LogP contribution in [-0.2, 0) is 11.2 Å². The van der Waals surface area contributed by atoms with Gasteiger partial charge in [0.25, 0.3) is 0 Å². The molecule has 0 aliphatic carbocycles. The molecule has 0 unspecified atom stereocenters. The van der Waals surface area contributed by atoms with Crippen LogP contribution >= 0.6 is 22.9 Å². The molecule has 1 aliphatic rings. The highest BCUT2D eigenvalue weighted by atomic mass is 35.5. The third-order valence-electron chi connectivity index (χ3n) is 5.60. The van der Waals surface area contributed by atoms with Crippen molar-refractivity contribution < 1.29 is 9.59 Å². The summed E-state index contributed by atoms with van der Waals surface area (Å²) in [4.78, 5) is 40.3. The number of carbonyl (C=O) groups is 2. The smallest absolute Gasteiger partial charge is 0.222 e. The largest absolute Gasteiger partial charge is 0.352 e. The molecule has 2 aromatic heterocycles. The molecular weight excluding hydrogens is 432 g/mol. The Morgan fingerprint density at radius 1 is 1.06 bits per heavy atom. The second-order valence-electron chi connectivity index (χ2n) is 7.63. The van der Waals surface area contributed by atoms with E-state index in [1.165, 1.54) is 4.88 Å². The van der Waals surface area contributed by atoms with Crippen LogP contribution in [0.3, 0.4) is 0 Å². The minimum Gasteiger partial charge on any atom is -0.352 e. The van der Waals surface area contributed by atoms with Crippen molar-refractivity contribution >= 4 is 50.7 Å². The van der Waals surface area contributed by atoms with Crippen LogP contribution in [0.2, 0.25) is 5.02 Å². The van der Waals surface area contributed by atoms with Crippen LogP contribution in [0.5, 0.6) is 0 Å².